The molecule has 3 aromatic rings. The Morgan fingerprint density at radius 3 is 2.83 bits per heavy atom. The van der Waals surface area contributed by atoms with Crippen molar-refractivity contribution < 1.29 is 22.8 Å². The van der Waals surface area contributed by atoms with Gasteiger partial charge in [-0.1, -0.05) is 5.21 Å². The quantitative estimate of drug-likeness (QED) is 0.515. The van der Waals surface area contributed by atoms with E-state index >= 15 is 0 Å². The van der Waals surface area contributed by atoms with Crippen molar-refractivity contribution in [1.29, 1.82) is 0 Å². The third kappa shape index (κ3) is 4.34. The van der Waals surface area contributed by atoms with E-state index in [4.69, 9.17) is 0 Å². The van der Waals surface area contributed by atoms with Crippen molar-refractivity contribution in [3.05, 3.63) is 42.4 Å². The Kier molecular flexibility index (Phi) is 5.49. The van der Waals surface area contributed by atoms with E-state index in [1.54, 1.807) is 18.2 Å². The number of carbonyl (C=O) groups is 2. The summed E-state index contributed by atoms with van der Waals surface area (Å²) in [5.74, 6) is -0.497. The number of carbonyl (C=O) groups excluding carboxylic acids is 2. The van der Waals surface area contributed by atoms with Crippen molar-refractivity contribution in [2.75, 3.05) is 28.2 Å². The van der Waals surface area contributed by atoms with Crippen LogP contribution in [0.15, 0.2) is 36.7 Å². The van der Waals surface area contributed by atoms with E-state index in [1.165, 1.54) is 23.4 Å². The summed E-state index contributed by atoms with van der Waals surface area (Å²) in [6, 6.07) is 3.55. The highest BCUT2D eigenvalue weighted by molar-refractivity contribution is 6.05. The molecule has 0 saturated carbocycles. The van der Waals surface area contributed by atoms with Gasteiger partial charge in [0.05, 0.1) is 23.6 Å². The van der Waals surface area contributed by atoms with E-state index in [-0.39, 0.29) is 23.4 Å². The average Bonchev–Trinajstić information content (AvgIpc) is 3.50. The molecule has 182 valence electrons. The number of amides is 3. The Morgan fingerprint density at radius 1 is 1.26 bits per heavy atom. The molecule has 1 saturated heterocycles. The molecule has 3 aromatic heterocycles. The number of hydrogen-bond donors (Lipinski definition) is 3. The highest BCUT2D eigenvalue weighted by Crippen LogP contribution is 2.39. The molecule has 1 fully saturated rings. The van der Waals surface area contributed by atoms with E-state index < -0.39 is 24.2 Å². The Morgan fingerprint density at radius 2 is 2.09 bits per heavy atom. The molecule has 14 heteroatoms. The van der Waals surface area contributed by atoms with Crippen LogP contribution in [0, 0.1) is 0 Å². The SMILES string of the molecule is CC(NC(=O)c1ccc2c(n1)N(C(=O)Nc1cc(-c3cnn[nH]3)ccn1)[C@H]1CCN2C1)C(F)(F)F. The average molecular weight is 487 g/mol. The summed E-state index contributed by atoms with van der Waals surface area (Å²) in [6.45, 7) is 2.11. The maximum atomic E-state index is 13.3. The highest BCUT2D eigenvalue weighted by atomic mass is 19.4. The summed E-state index contributed by atoms with van der Waals surface area (Å²) < 4.78 is 38.7. The van der Waals surface area contributed by atoms with Crippen LogP contribution in [0.4, 0.5) is 35.3 Å². The minimum Gasteiger partial charge on any atom is -0.366 e. The molecular weight excluding hydrogens is 467 g/mol. The zero-order valence-electron chi connectivity index (χ0n) is 18.4. The highest BCUT2D eigenvalue weighted by Gasteiger charge is 2.41. The lowest BCUT2D eigenvalue weighted by atomic mass is 10.1. The predicted molar refractivity (Wildman–Crippen MR) is 119 cm³/mol. The molecule has 2 aliphatic heterocycles. The molecule has 3 N–H and O–H groups in total. The minimum atomic E-state index is -4.59. The van der Waals surface area contributed by atoms with Crippen molar-refractivity contribution in [2.45, 2.75) is 31.6 Å². The molecule has 0 aromatic carbocycles. The van der Waals surface area contributed by atoms with Crippen LogP contribution < -0.4 is 20.4 Å². The summed E-state index contributed by atoms with van der Waals surface area (Å²) >= 11 is 0. The van der Waals surface area contributed by atoms with Crippen LogP contribution in [0.25, 0.3) is 11.3 Å². The Balaban J connectivity index is 1.42. The number of alkyl halides is 3. The Bertz CT molecular complexity index is 1270. The number of pyridine rings is 2. The molecule has 2 aliphatic rings. The molecule has 5 rings (SSSR count). The fraction of sp³-hybridized carbons (Fsp3) is 0.333. The van der Waals surface area contributed by atoms with Crippen LogP contribution in [0.5, 0.6) is 0 Å². The van der Waals surface area contributed by atoms with Crippen molar-refractivity contribution >= 4 is 29.3 Å². The molecule has 11 nitrogen and oxygen atoms in total. The second-order valence-electron chi connectivity index (χ2n) is 8.26. The molecule has 0 aliphatic carbocycles. The second-order valence-corrected chi connectivity index (χ2v) is 8.26. The molecular formula is C21H20F3N9O2. The van der Waals surface area contributed by atoms with E-state index in [1.807, 2.05) is 10.2 Å². The van der Waals surface area contributed by atoms with Crippen molar-refractivity contribution in [1.82, 2.24) is 30.7 Å². The zero-order valence-corrected chi connectivity index (χ0v) is 18.4. The summed E-state index contributed by atoms with van der Waals surface area (Å²) in [5, 5.41) is 14.8. The van der Waals surface area contributed by atoms with E-state index in [9.17, 15) is 22.8 Å². The van der Waals surface area contributed by atoms with Crippen LogP contribution in [-0.2, 0) is 0 Å². The molecule has 5 heterocycles. The number of aromatic nitrogens is 5. The first-order valence-electron chi connectivity index (χ1n) is 10.8. The number of H-pyrrole nitrogens is 1. The van der Waals surface area contributed by atoms with Gasteiger partial charge in [0.1, 0.15) is 17.6 Å². The first-order chi connectivity index (χ1) is 16.7. The van der Waals surface area contributed by atoms with Gasteiger partial charge in [-0.15, -0.1) is 5.10 Å². The van der Waals surface area contributed by atoms with Gasteiger partial charge >= 0.3 is 12.2 Å². The van der Waals surface area contributed by atoms with Gasteiger partial charge in [0.15, 0.2) is 5.82 Å². The van der Waals surface area contributed by atoms with Crippen LogP contribution >= 0.6 is 0 Å². The van der Waals surface area contributed by atoms with Crippen molar-refractivity contribution in [3.63, 3.8) is 0 Å². The Labute approximate surface area is 196 Å². The number of anilines is 3. The topological polar surface area (TPSA) is 132 Å². The largest absolute Gasteiger partial charge is 0.408 e. The molecule has 35 heavy (non-hydrogen) atoms. The molecule has 0 radical (unpaired) electrons. The molecule has 3 amide bonds. The summed E-state index contributed by atoms with van der Waals surface area (Å²) in [7, 11) is 0. The van der Waals surface area contributed by atoms with Crippen LogP contribution in [0.1, 0.15) is 23.8 Å². The lowest BCUT2D eigenvalue weighted by molar-refractivity contribution is -0.149. The normalized spacial score (nSPS) is 17.7. The lowest BCUT2D eigenvalue weighted by Crippen LogP contribution is -2.49. The summed E-state index contributed by atoms with van der Waals surface area (Å²) in [5.41, 5.74) is 1.76. The van der Waals surface area contributed by atoms with Gasteiger partial charge in [-0.2, -0.15) is 13.2 Å². The van der Waals surface area contributed by atoms with E-state index in [0.717, 1.165) is 6.92 Å². The number of nitrogens with one attached hydrogen (secondary N) is 3. The number of urea groups is 1. The first-order valence-corrected chi connectivity index (χ1v) is 10.8. The Hall–Kier alpha value is -4.23. The molecule has 0 spiro atoms. The second kappa shape index (κ2) is 8.52. The van der Waals surface area contributed by atoms with Gasteiger partial charge < -0.3 is 10.2 Å². The minimum absolute atomic E-state index is 0.206. The van der Waals surface area contributed by atoms with E-state index in [0.29, 0.717) is 36.5 Å². The molecule has 2 atom stereocenters. The third-order valence-electron chi connectivity index (χ3n) is 5.96. The number of nitrogens with zero attached hydrogens (tertiary/aromatic N) is 6. The lowest BCUT2D eigenvalue weighted by Gasteiger charge is -2.35. The fourth-order valence-corrected chi connectivity index (χ4v) is 4.12. The van der Waals surface area contributed by atoms with Crippen LogP contribution in [0.2, 0.25) is 0 Å². The maximum absolute atomic E-state index is 13.3. The maximum Gasteiger partial charge on any atom is 0.408 e. The van der Waals surface area contributed by atoms with Crippen molar-refractivity contribution in [3.8, 4) is 11.3 Å². The van der Waals surface area contributed by atoms with Gasteiger partial charge in [-0.05, 0) is 37.6 Å². The van der Waals surface area contributed by atoms with Gasteiger partial charge in [-0.3, -0.25) is 20.1 Å². The van der Waals surface area contributed by atoms with Gasteiger partial charge in [0.2, 0.25) is 0 Å². The number of hydrogen-bond acceptors (Lipinski definition) is 7. The number of fused-ring (bicyclic) bond motifs is 4. The number of halogens is 3. The summed E-state index contributed by atoms with van der Waals surface area (Å²) in [6.07, 6.45) is -0.862. The molecule has 2 bridgehead atoms. The number of aromatic amines is 1. The van der Waals surface area contributed by atoms with E-state index in [2.05, 4.69) is 30.7 Å². The van der Waals surface area contributed by atoms with Gasteiger partial charge in [0, 0.05) is 24.8 Å². The van der Waals surface area contributed by atoms with Crippen molar-refractivity contribution in [2.24, 2.45) is 0 Å². The predicted octanol–water partition coefficient (Wildman–Crippen LogP) is 2.57. The smallest absolute Gasteiger partial charge is 0.366 e. The summed E-state index contributed by atoms with van der Waals surface area (Å²) in [4.78, 5) is 37.7. The first kappa shape index (κ1) is 22.6. The van der Waals surface area contributed by atoms with Gasteiger partial charge in [0.25, 0.3) is 5.91 Å². The van der Waals surface area contributed by atoms with Gasteiger partial charge in [-0.25, -0.2) is 14.8 Å². The molecule has 1 unspecified atom stereocenters. The number of rotatable bonds is 4. The monoisotopic (exact) mass is 487 g/mol. The fourth-order valence-electron chi connectivity index (χ4n) is 4.12. The van der Waals surface area contributed by atoms with Crippen LogP contribution in [0.3, 0.4) is 0 Å². The van der Waals surface area contributed by atoms with Crippen LogP contribution in [-0.4, -0.2) is 68.7 Å². The third-order valence-corrected chi connectivity index (χ3v) is 5.96. The zero-order chi connectivity index (χ0) is 24.7. The standard InChI is InChI=1S/C21H20F3N9O2/c1-11(21(22,23)24)27-19(34)14-2-3-16-18(28-14)33(13-5-7-32(16)10-13)20(35)29-17-8-12(4-6-25-17)15-9-26-31-30-15/h2-4,6,8-9,11,13H,5,7,10H2,1H3,(H,27,34)(H,25,29,35)(H,26,30,31)/t11?,13-/m0/s1.